The molecule has 0 bridgehead atoms. The van der Waals surface area contributed by atoms with Gasteiger partial charge in [-0.1, -0.05) is 6.07 Å². The van der Waals surface area contributed by atoms with Crippen molar-refractivity contribution in [2.45, 2.75) is 0 Å². The zero-order valence-electron chi connectivity index (χ0n) is 11.4. The van der Waals surface area contributed by atoms with Crippen molar-refractivity contribution in [3.8, 4) is 11.5 Å². The number of amides is 2. The molecule has 0 aliphatic carbocycles. The second kappa shape index (κ2) is 7.34. The van der Waals surface area contributed by atoms with Gasteiger partial charge in [0.1, 0.15) is 0 Å². The SMILES string of the molecule is COCCNC(=O)CN(C)C(=O)c1cccc(O)c1O. The highest BCUT2D eigenvalue weighted by Gasteiger charge is 2.19. The van der Waals surface area contributed by atoms with Crippen LogP contribution in [0, 0.1) is 0 Å². The molecule has 1 aromatic rings. The number of likely N-dealkylation sites (N-methyl/N-ethyl adjacent to an activating group) is 1. The van der Waals surface area contributed by atoms with E-state index in [9.17, 15) is 19.8 Å². The molecule has 0 unspecified atom stereocenters. The zero-order chi connectivity index (χ0) is 15.1. The lowest BCUT2D eigenvalue weighted by Gasteiger charge is -2.17. The third-order valence-corrected chi connectivity index (χ3v) is 2.60. The van der Waals surface area contributed by atoms with Gasteiger partial charge in [0.15, 0.2) is 11.5 Å². The van der Waals surface area contributed by atoms with E-state index in [0.717, 1.165) is 4.90 Å². The second-order valence-electron chi connectivity index (χ2n) is 4.18. The van der Waals surface area contributed by atoms with Crippen LogP contribution in [-0.2, 0) is 9.53 Å². The maximum atomic E-state index is 12.0. The average Bonchev–Trinajstić information content (AvgIpc) is 2.41. The van der Waals surface area contributed by atoms with Crippen LogP contribution in [0.2, 0.25) is 0 Å². The molecule has 3 N–H and O–H groups in total. The summed E-state index contributed by atoms with van der Waals surface area (Å²) in [7, 11) is 2.95. The highest BCUT2D eigenvalue weighted by molar-refractivity contribution is 5.99. The smallest absolute Gasteiger partial charge is 0.257 e. The minimum atomic E-state index is -0.555. The van der Waals surface area contributed by atoms with Crippen molar-refractivity contribution in [1.82, 2.24) is 10.2 Å². The van der Waals surface area contributed by atoms with Gasteiger partial charge in [-0.05, 0) is 12.1 Å². The summed E-state index contributed by atoms with van der Waals surface area (Å²) < 4.78 is 4.79. The fourth-order valence-corrected chi connectivity index (χ4v) is 1.55. The lowest BCUT2D eigenvalue weighted by molar-refractivity contribution is -0.121. The molecule has 1 rings (SSSR count). The number of hydrogen-bond donors (Lipinski definition) is 3. The van der Waals surface area contributed by atoms with Gasteiger partial charge in [0, 0.05) is 20.7 Å². The first-order valence-electron chi connectivity index (χ1n) is 5.99. The normalized spacial score (nSPS) is 10.1. The number of phenolic OH excluding ortho intramolecular Hbond substituents is 2. The minimum absolute atomic E-state index is 0.0582. The molecule has 0 aromatic heterocycles. The van der Waals surface area contributed by atoms with Crippen molar-refractivity contribution >= 4 is 11.8 Å². The Labute approximate surface area is 116 Å². The summed E-state index contributed by atoms with van der Waals surface area (Å²) >= 11 is 0. The largest absolute Gasteiger partial charge is 0.504 e. The fraction of sp³-hybridized carbons (Fsp3) is 0.385. The van der Waals surface area contributed by atoms with Crippen molar-refractivity contribution in [1.29, 1.82) is 0 Å². The first-order chi connectivity index (χ1) is 9.47. The molecule has 7 nitrogen and oxygen atoms in total. The van der Waals surface area contributed by atoms with E-state index in [4.69, 9.17) is 4.74 Å². The molecule has 0 spiro atoms. The van der Waals surface area contributed by atoms with E-state index in [1.54, 1.807) is 0 Å². The summed E-state index contributed by atoms with van der Waals surface area (Å²) in [5.41, 5.74) is -0.0582. The molecule has 20 heavy (non-hydrogen) atoms. The van der Waals surface area contributed by atoms with Gasteiger partial charge in [-0.25, -0.2) is 0 Å². The number of ether oxygens (including phenoxy) is 1. The molecule has 0 atom stereocenters. The van der Waals surface area contributed by atoms with Crippen LogP contribution in [0.5, 0.6) is 11.5 Å². The molecular weight excluding hydrogens is 264 g/mol. The Morgan fingerprint density at radius 1 is 1.35 bits per heavy atom. The van der Waals surface area contributed by atoms with E-state index in [0.29, 0.717) is 13.2 Å². The third kappa shape index (κ3) is 4.13. The quantitative estimate of drug-likeness (QED) is 0.501. The van der Waals surface area contributed by atoms with Crippen molar-refractivity contribution in [2.24, 2.45) is 0 Å². The number of carbonyl (C=O) groups is 2. The molecule has 0 radical (unpaired) electrons. The standard InChI is InChI=1S/C13H18N2O5/c1-15(8-11(17)14-6-7-20-2)13(19)9-4-3-5-10(16)12(9)18/h3-5,16,18H,6-8H2,1-2H3,(H,14,17). The van der Waals surface area contributed by atoms with E-state index in [2.05, 4.69) is 5.32 Å². The summed E-state index contributed by atoms with van der Waals surface area (Å²) in [5.74, 6) is -1.77. The number of aromatic hydroxyl groups is 2. The molecule has 2 amide bonds. The van der Waals surface area contributed by atoms with E-state index >= 15 is 0 Å². The van der Waals surface area contributed by atoms with Crippen LogP contribution < -0.4 is 5.32 Å². The van der Waals surface area contributed by atoms with Crippen LogP contribution in [0.4, 0.5) is 0 Å². The van der Waals surface area contributed by atoms with Crippen molar-refractivity contribution < 1.29 is 24.5 Å². The number of benzene rings is 1. The van der Waals surface area contributed by atoms with Gasteiger partial charge in [-0.2, -0.15) is 0 Å². The van der Waals surface area contributed by atoms with Gasteiger partial charge in [-0.3, -0.25) is 9.59 Å². The molecule has 0 saturated carbocycles. The second-order valence-corrected chi connectivity index (χ2v) is 4.18. The van der Waals surface area contributed by atoms with Crippen LogP contribution >= 0.6 is 0 Å². The summed E-state index contributed by atoms with van der Waals surface area (Å²) in [6.07, 6.45) is 0. The van der Waals surface area contributed by atoms with Crippen LogP contribution in [0.15, 0.2) is 18.2 Å². The fourth-order valence-electron chi connectivity index (χ4n) is 1.55. The molecule has 0 fully saturated rings. The summed E-state index contributed by atoms with van der Waals surface area (Å²) in [4.78, 5) is 24.7. The number of hydrogen-bond acceptors (Lipinski definition) is 5. The van der Waals surface area contributed by atoms with Gasteiger partial charge >= 0.3 is 0 Å². The van der Waals surface area contributed by atoms with E-state index < -0.39 is 11.7 Å². The molecule has 110 valence electrons. The lowest BCUT2D eigenvalue weighted by Crippen LogP contribution is -2.39. The van der Waals surface area contributed by atoms with Crippen LogP contribution in [-0.4, -0.2) is 60.8 Å². The Balaban J connectivity index is 2.63. The Kier molecular flexibility index (Phi) is 5.79. The van der Waals surface area contributed by atoms with Gasteiger partial charge in [-0.15, -0.1) is 0 Å². The van der Waals surface area contributed by atoms with Crippen molar-refractivity contribution in [3.63, 3.8) is 0 Å². The van der Waals surface area contributed by atoms with Gasteiger partial charge in [0.2, 0.25) is 5.91 Å². The monoisotopic (exact) mass is 282 g/mol. The van der Waals surface area contributed by atoms with Crippen molar-refractivity contribution in [3.05, 3.63) is 23.8 Å². The maximum Gasteiger partial charge on any atom is 0.257 e. The molecule has 1 aromatic carbocycles. The number of carbonyl (C=O) groups excluding carboxylic acids is 2. The van der Waals surface area contributed by atoms with Gasteiger partial charge < -0.3 is 25.2 Å². The summed E-state index contributed by atoms with van der Waals surface area (Å²) in [6, 6.07) is 4.08. The van der Waals surface area contributed by atoms with Crippen LogP contribution in [0.3, 0.4) is 0 Å². The third-order valence-electron chi connectivity index (χ3n) is 2.60. The lowest BCUT2D eigenvalue weighted by atomic mass is 10.1. The number of para-hydroxylation sites is 1. The predicted molar refractivity (Wildman–Crippen MR) is 71.6 cm³/mol. The molecule has 0 aliphatic heterocycles. The Bertz CT molecular complexity index is 490. The van der Waals surface area contributed by atoms with Gasteiger partial charge in [0.05, 0.1) is 18.7 Å². The van der Waals surface area contributed by atoms with E-state index in [1.807, 2.05) is 0 Å². The van der Waals surface area contributed by atoms with Crippen LogP contribution in [0.25, 0.3) is 0 Å². The molecule has 7 heteroatoms. The Morgan fingerprint density at radius 3 is 2.70 bits per heavy atom. The minimum Gasteiger partial charge on any atom is -0.504 e. The first-order valence-corrected chi connectivity index (χ1v) is 5.99. The maximum absolute atomic E-state index is 12.0. The van der Waals surface area contributed by atoms with Crippen molar-refractivity contribution in [2.75, 3.05) is 33.9 Å². The zero-order valence-corrected chi connectivity index (χ0v) is 11.4. The summed E-state index contributed by atoms with van der Waals surface area (Å²) in [6.45, 7) is 0.586. The van der Waals surface area contributed by atoms with Gasteiger partial charge in [0.25, 0.3) is 5.91 Å². The van der Waals surface area contributed by atoms with Crippen LogP contribution in [0.1, 0.15) is 10.4 Å². The average molecular weight is 282 g/mol. The van der Waals surface area contributed by atoms with E-state index in [1.165, 1.54) is 32.4 Å². The first kappa shape index (κ1) is 15.8. The highest BCUT2D eigenvalue weighted by atomic mass is 16.5. The molecule has 0 saturated heterocycles. The highest BCUT2D eigenvalue weighted by Crippen LogP contribution is 2.28. The Morgan fingerprint density at radius 2 is 2.05 bits per heavy atom. The summed E-state index contributed by atoms with van der Waals surface area (Å²) in [5, 5.41) is 21.5. The molecule has 0 heterocycles. The number of nitrogens with one attached hydrogen (secondary N) is 1. The molecule has 0 aliphatic rings. The number of nitrogens with zero attached hydrogens (tertiary/aromatic N) is 1. The van der Waals surface area contributed by atoms with E-state index in [-0.39, 0.29) is 23.8 Å². The topological polar surface area (TPSA) is 99.1 Å². The number of rotatable bonds is 6. The Hall–Kier alpha value is -2.28. The number of phenols is 2. The predicted octanol–water partition coefficient (Wildman–Crippen LogP) is -0.0676. The number of methoxy groups -OCH3 is 1. The molecular formula is C13H18N2O5.